The lowest BCUT2D eigenvalue weighted by atomic mass is 10.2. The van der Waals surface area contributed by atoms with Gasteiger partial charge in [0.05, 0.1) is 13.0 Å². The molecule has 0 saturated heterocycles. The fraction of sp³-hybridized carbons (Fsp3) is 0.333. The van der Waals surface area contributed by atoms with Crippen molar-refractivity contribution in [2.45, 2.75) is 32.9 Å². The minimum Gasteiger partial charge on any atom is -0.296 e. The SMILES string of the molecule is CC(=O)C[n+]1cc(-c2ccccc2)n2c1CCC2. The molecule has 3 nitrogen and oxygen atoms in total. The highest BCUT2D eigenvalue weighted by molar-refractivity contribution is 5.74. The number of fused-ring (bicyclic) bond motifs is 1. The number of aromatic nitrogens is 2. The molecule has 0 saturated carbocycles. The molecule has 0 amide bonds. The number of hydrogen-bond donors (Lipinski definition) is 0. The van der Waals surface area contributed by atoms with Crippen molar-refractivity contribution in [2.75, 3.05) is 0 Å². The summed E-state index contributed by atoms with van der Waals surface area (Å²) >= 11 is 0. The molecule has 1 aliphatic rings. The summed E-state index contributed by atoms with van der Waals surface area (Å²) in [6, 6.07) is 10.4. The summed E-state index contributed by atoms with van der Waals surface area (Å²) in [6.45, 7) is 3.20. The zero-order valence-corrected chi connectivity index (χ0v) is 10.6. The number of Topliss-reactive ketones (excluding diaryl/α,β-unsaturated/α-hetero) is 1. The Kier molecular flexibility index (Phi) is 2.74. The lowest BCUT2D eigenvalue weighted by molar-refractivity contribution is -0.690. The monoisotopic (exact) mass is 241 g/mol. The van der Waals surface area contributed by atoms with Gasteiger partial charge in [0.1, 0.15) is 12.7 Å². The Morgan fingerprint density at radius 3 is 2.83 bits per heavy atom. The highest BCUT2D eigenvalue weighted by Crippen LogP contribution is 2.24. The molecule has 92 valence electrons. The summed E-state index contributed by atoms with van der Waals surface area (Å²) in [6.07, 6.45) is 4.36. The van der Waals surface area contributed by atoms with E-state index in [1.807, 2.05) is 6.07 Å². The van der Waals surface area contributed by atoms with Gasteiger partial charge in [-0.1, -0.05) is 30.3 Å². The van der Waals surface area contributed by atoms with Gasteiger partial charge in [-0.2, -0.15) is 0 Å². The first-order valence-corrected chi connectivity index (χ1v) is 6.42. The topological polar surface area (TPSA) is 25.9 Å². The van der Waals surface area contributed by atoms with Crippen LogP contribution in [-0.2, 0) is 24.3 Å². The highest BCUT2D eigenvalue weighted by Gasteiger charge is 2.28. The van der Waals surface area contributed by atoms with E-state index in [1.165, 1.54) is 23.5 Å². The largest absolute Gasteiger partial charge is 0.296 e. The van der Waals surface area contributed by atoms with E-state index in [4.69, 9.17) is 0 Å². The molecule has 0 spiro atoms. The molecule has 0 aliphatic carbocycles. The van der Waals surface area contributed by atoms with Gasteiger partial charge in [-0.05, 0) is 13.3 Å². The maximum atomic E-state index is 11.3. The molecule has 0 unspecified atom stereocenters. The lowest BCUT2D eigenvalue weighted by Gasteiger charge is -1.97. The summed E-state index contributed by atoms with van der Waals surface area (Å²) in [5, 5.41) is 0. The second-order valence-corrected chi connectivity index (χ2v) is 4.88. The van der Waals surface area contributed by atoms with E-state index in [1.54, 1.807) is 6.92 Å². The molecule has 0 bridgehead atoms. The van der Waals surface area contributed by atoms with Gasteiger partial charge in [-0.3, -0.25) is 4.79 Å². The first kappa shape index (κ1) is 11.2. The molecule has 0 radical (unpaired) electrons. The third-order valence-electron chi connectivity index (χ3n) is 3.46. The van der Waals surface area contributed by atoms with Crippen LogP contribution in [0.1, 0.15) is 19.2 Å². The quantitative estimate of drug-likeness (QED) is 0.754. The van der Waals surface area contributed by atoms with E-state index in [0.717, 1.165) is 13.0 Å². The predicted octanol–water partition coefficient (Wildman–Crippen LogP) is 1.98. The Balaban J connectivity index is 2.09. The van der Waals surface area contributed by atoms with Crippen molar-refractivity contribution in [3.8, 4) is 11.3 Å². The van der Waals surface area contributed by atoms with Crippen molar-refractivity contribution in [1.82, 2.24) is 4.57 Å². The number of benzene rings is 1. The normalized spacial score (nSPS) is 13.6. The number of rotatable bonds is 3. The Labute approximate surface area is 107 Å². The van der Waals surface area contributed by atoms with Crippen LogP contribution in [0.25, 0.3) is 11.3 Å². The van der Waals surface area contributed by atoms with Crippen LogP contribution in [0.5, 0.6) is 0 Å². The van der Waals surface area contributed by atoms with Gasteiger partial charge in [0.25, 0.3) is 5.82 Å². The Bertz CT molecular complexity index is 584. The molecule has 1 aromatic carbocycles. The van der Waals surface area contributed by atoms with Crippen molar-refractivity contribution in [2.24, 2.45) is 0 Å². The van der Waals surface area contributed by atoms with Crippen LogP contribution in [0.4, 0.5) is 0 Å². The van der Waals surface area contributed by atoms with Gasteiger partial charge >= 0.3 is 0 Å². The Hall–Kier alpha value is -1.90. The molecule has 3 rings (SSSR count). The third kappa shape index (κ3) is 1.86. The molecule has 2 aromatic rings. The van der Waals surface area contributed by atoms with Crippen LogP contribution in [0.15, 0.2) is 36.5 Å². The average molecular weight is 241 g/mol. The zero-order valence-electron chi connectivity index (χ0n) is 10.6. The van der Waals surface area contributed by atoms with E-state index in [-0.39, 0.29) is 5.78 Å². The van der Waals surface area contributed by atoms with Crippen LogP contribution in [0.2, 0.25) is 0 Å². The minimum atomic E-state index is 0.208. The van der Waals surface area contributed by atoms with Crippen LogP contribution < -0.4 is 4.57 Å². The maximum Gasteiger partial charge on any atom is 0.257 e. The standard InChI is InChI=1S/C15H17N2O/c1-12(18)10-16-11-14(13-6-3-2-4-7-13)17-9-5-8-15(16)17/h2-4,6-7,11H,5,8-10H2,1H3/q+1. The van der Waals surface area contributed by atoms with Gasteiger partial charge in [0.2, 0.25) is 0 Å². The van der Waals surface area contributed by atoms with Gasteiger partial charge in [-0.15, -0.1) is 0 Å². The van der Waals surface area contributed by atoms with Gasteiger partial charge in [0, 0.05) is 5.56 Å². The van der Waals surface area contributed by atoms with Crippen molar-refractivity contribution in [3.05, 3.63) is 42.4 Å². The number of carbonyl (C=O) groups excluding carboxylic acids is 1. The fourth-order valence-corrected chi connectivity index (χ4v) is 2.73. The van der Waals surface area contributed by atoms with E-state index in [9.17, 15) is 4.79 Å². The molecular formula is C15H17N2O+. The van der Waals surface area contributed by atoms with E-state index >= 15 is 0 Å². The summed E-state index contributed by atoms with van der Waals surface area (Å²) in [5.41, 5.74) is 2.45. The van der Waals surface area contributed by atoms with Crippen molar-refractivity contribution >= 4 is 5.78 Å². The maximum absolute atomic E-state index is 11.3. The Morgan fingerprint density at radius 1 is 1.33 bits per heavy atom. The third-order valence-corrected chi connectivity index (χ3v) is 3.46. The van der Waals surface area contributed by atoms with Crippen LogP contribution >= 0.6 is 0 Å². The van der Waals surface area contributed by atoms with Gasteiger partial charge in [0.15, 0.2) is 11.5 Å². The van der Waals surface area contributed by atoms with E-state index in [2.05, 4.69) is 39.6 Å². The van der Waals surface area contributed by atoms with Crippen molar-refractivity contribution < 1.29 is 9.36 Å². The first-order chi connectivity index (χ1) is 8.75. The summed E-state index contributed by atoms with van der Waals surface area (Å²) < 4.78 is 4.45. The number of imidazole rings is 1. The fourth-order valence-electron chi connectivity index (χ4n) is 2.73. The van der Waals surface area contributed by atoms with Crippen LogP contribution in [0, 0.1) is 0 Å². The second kappa shape index (κ2) is 4.41. The molecule has 0 atom stereocenters. The molecule has 2 heterocycles. The van der Waals surface area contributed by atoms with Gasteiger partial charge < -0.3 is 0 Å². The minimum absolute atomic E-state index is 0.208. The van der Waals surface area contributed by atoms with Crippen molar-refractivity contribution in [3.63, 3.8) is 0 Å². The molecular weight excluding hydrogens is 224 g/mol. The molecule has 1 aliphatic heterocycles. The zero-order chi connectivity index (χ0) is 12.5. The molecule has 3 heteroatoms. The summed E-state index contributed by atoms with van der Waals surface area (Å²) in [5.74, 6) is 1.49. The van der Waals surface area contributed by atoms with Crippen molar-refractivity contribution in [1.29, 1.82) is 0 Å². The number of hydrogen-bond acceptors (Lipinski definition) is 1. The summed E-state index contributed by atoms with van der Waals surface area (Å²) in [7, 11) is 0. The first-order valence-electron chi connectivity index (χ1n) is 6.42. The van der Waals surface area contributed by atoms with E-state index in [0.29, 0.717) is 6.54 Å². The smallest absolute Gasteiger partial charge is 0.257 e. The van der Waals surface area contributed by atoms with Crippen LogP contribution in [0.3, 0.4) is 0 Å². The molecule has 1 aromatic heterocycles. The predicted molar refractivity (Wildman–Crippen MR) is 69.1 cm³/mol. The molecule has 0 fully saturated rings. The van der Waals surface area contributed by atoms with E-state index < -0.39 is 0 Å². The number of nitrogens with zero attached hydrogens (tertiary/aromatic N) is 2. The number of ketones is 1. The van der Waals surface area contributed by atoms with Crippen LogP contribution in [-0.4, -0.2) is 10.4 Å². The second-order valence-electron chi connectivity index (χ2n) is 4.88. The number of carbonyl (C=O) groups is 1. The molecule has 0 N–H and O–H groups in total. The summed E-state index contributed by atoms with van der Waals surface area (Å²) in [4.78, 5) is 11.3. The lowest BCUT2D eigenvalue weighted by Crippen LogP contribution is -2.39. The van der Waals surface area contributed by atoms with Gasteiger partial charge in [-0.25, -0.2) is 9.13 Å². The Morgan fingerprint density at radius 2 is 2.11 bits per heavy atom. The highest BCUT2D eigenvalue weighted by atomic mass is 16.1. The molecule has 18 heavy (non-hydrogen) atoms. The average Bonchev–Trinajstić information content (AvgIpc) is 2.93.